The summed E-state index contributed by atoms with van der Waals surface area (Å²) in [5, 5.41) is 0. The highest BCUT2D eigenvalue weighted by molar-refractivity contribution is 5.84. The van der Waals surface area contributed by atoms with E-state index < -0.39 is 0 Å². The number of hydrogen-bond acceptors (Lipinski definition) is 2. The molecule has 11 heavy (non-hydrogen) atoms. The molecule has 0 bridgehead atoms. The summed E-state index contributed by atoms with van der Waals surface area (Å²) in [7, 11) is 0. The van der Waals surface area contributed by atoms with Gasteiger partial charge in [-0.25, -0.2) is 0 Å². The molecule has 0 aliphatic heterocycles. The maximum atomic E-state index is 11.1. The number of hydrogen-bond donors (Lipinski definition) is 0. The Balaban J connectivity index is 3.88. The Bertz CT molecular complexity index is 133. The van der Waals surface area contributed by atoms with Crippen LogP contribution in [0.25, 0.3) is 0 Å². The second-order valence-corrected chi connectivity index (χ2v) is 3.64. The zero-order valence-electron chi connectivity index (χ0n) is 8.02. The van der Waals surface area contributed by atoms with Crippen molar-refractivity contribution in [3.05, 3.63) is 5.92 Å². The number of carbonyl (C=O) groups is 1. The fourth-order valence-corrected chi connectivity index (χ4v) is 0.510. The van der Waals surface area contributed by atoms with Gasteiger partial charge in [0.05, 0.1) is 5.92 Å². The number of esters is 1. The Morgan fingerprint density at radius 1 is 1.36 bits per heavy atom. The first kappa shape index (κ1) is 10.5. The Morgan fingerprint density at radius 2 is 1.82 bits per heavy atom. The Labute approximate surface area is 68.9 Å². The predicted molar refractivity (Wildman–Crippen MR) is 45.1 cm³/mol. The van der Waals surface area contributed by atoms with Gasteiger partial charge in [0.25, 0.3) is 0 Å². The molecule has 0 fully saturated rings. The first-order valence-electron chi connectivity index (χ1n) is 3.92. The molecule has 0 aromatic rings. The number of rotatable bonds is 2. The van der Waals surface area contributed by atoms with Crippen molar-refractivity contribution in [2.45, 2.75) is 46.6 Å². The van der Waals surface area contributed by atoms with Crippen LogP contribution < -0.4 is 0 Å². The van der Waals surface area contributed by atoms with Crippen molar-refractivity contribution < 1.29 is 9.53 Å². The van der Waals surface area contributed by atoms with E-state index >= 15 is 0 Å². The summed E-state index contributed by atoms with van der Waals surface area (Å²) in [6.07, 6.45) is 0.759. The van der Waals surface area contributed by atoms with Crippen LogP contribution >= 0.6 is 0 Å². The molecule has 0 N–H and O–H groups in total. The average molecular weight is 157 g/mol. The fourth-order valence-electron chi connectivity index (χ4n) is 0.510. The van der Waals surface area contributed by atoms with Gasteiger partial charge in [-0.15, -0.1) is 0 Å². The third kappa shape index (κ3) is 4.82. The molecule has 0 heterocycles. The van der Waals surface area contributed by atoms with Gasteiger partial charge in [0, 0.05) is 0 Å². The molecule has 0 aliphatic carbocycles. The lowest BCUT2D eigenvalue weighted by atomic mass is 10.1. The van der Waals surface area contributed by atoms with Crippen molar-refractivity contribution in [2.24, 2.45) is 0 Å². The van der Waals surface area contributed by atoms with Crippen LogP contribution in [0.5, 0.6) is 0 Å². The minimum absolute atomic E-state index is 0.181. The van der Waals surface area contributed by atoms with Crippen molar-refractivity contribution in [1.29, 1.82) is 0 Å². The van der Waals surface area contributed by atoms with E-state index in [1.807, 2.05) is 27.7 Å². The van der Waals surface area contributed by atoms with Crippen molar-refractivity contribution >= 4 is 5.97 Å². The van der Waals surface area contributed by atoms with Gasteiger partial charge in [-0.05, 0) is 34.1 Å². The summed E-state index contributed by atoms with van der Waals surface area (Å²) in [5.74, 6) is 0.597. The Morgan fingerprint density at radius 3 is 2.09 bits per heavy atom. The van der Waals surface area contributed by atoms with Gasteiger partial charge in [-0.3, -0.25) is 4.79 Å². The minimum Gasteiger partial charge on any atom is -0.460 e. The second-order valence-electron chi connectivity index (χ2n) is 3.64. The summed E-state index contributed by atoms with van der Waals surface area (Å²) in [6, 6.07) is 0. The van der Waals surface area contributed by atoms with Crippen LogP contribution in [0.1, 0.15) is 41.0 Å². The van der Waals surface area contributed by atoms with E-state index in [0.717, 1.165) is 12.3 Å². The molecule has 0 aliphatic rings. The molecule has 2 heteroatoms. The van der Waals surface area contributed by atoms with Crippen molar-refractivity contribution in [1.82, 2.24) is 0 Å². The van der Waals surface area contributed by atoms with Crippen LogP contribution in [0.3, 0.4) is 0 Å². The highest BCUT2D eigenvalue weighted by Gasteiger charge is 2.20. The van der Waals surface area contributed by atoms with E-state index in [0.29, 0.717) is 0 Å². The third-order valence-corrected chi connectivity index (χ3v) is 1.28. The summed E-state index contributed by atoms with van der Waals surface area (Å²) in [4.78, 5) is 11.1. The molecule has 1 radical (unpaired) electrons. The van der Waals surface area contributed by atoms with E-state index in [1.54, 1.807) is 6.92 Å². The summed E-state index contributed by atoms with van der Waals surface area (Å²) in [5.41, 5.74) is -0.368. The topological polar surface area (TPSA) is 26.3 Å². The molecule has 0 amide bonds. The first-order chi connectivity index (χ1) is 4.87. The molecule has 0 aromatic heterocycles. The van der Waals surface area contributed by atoms with E-state index in [9.17, 15) is 4.79 Å². The van der Waals surface area contributed by atoms with E-state index in [4.69, 9.17) is 4.74 Å². The van der Waals surface area contributed by atoms with Crippen LogP contribution in [0.4, 0.5) is 0 Å². The maximum absolute atomic E-state index is 11.1. The van der Waals surface area contributed by atoms with Gasteiger partial charge < -0.3 is 4.74 Å². The summed E-state index contributed by atoms with van der Waals surface area (Å²) in [6.45, 7) is 9.35. The predicted octanol–water partition coefficient (Wildman–Crippen LogP) is 2.33. The lowest BCUT2D eigenvalue weighted by Gasteiger charge is -2.21. The Hall–Kier alpha value is -0.530. The van der Waals surface area contributed by atoms with Crippen LogP contribution in [0.15, 0.2) is 0 Å². The largest absolute Gasteiger partial charge is 0.460 e. The normalized spacial score (nSPS) is 11.8. The maximum Gasteiger partial charge on any atom is 0.313 e. The van der Waals surface area contributed by atoms with Crippen LogP contribution in [0.2, 0.25) is 0 Å². The fraction of sp³-hybridized carbons (Fsp3) is 0.778. The third-order valence-electron chi connectivity index (χ3n) is 1.28. The molecule has 65 valence electrons. The van der Waals surface area contributed by atoms with Crippen LogP contribution in [-0.2, 0) is 9.53 Å². The SMILES string of the molecule is CC[C](C)C(=O)OC(C)(C)C. The molecule has 0 saturated carbocycles. The van der Waals surface area contributed by atoms with Crippen molar-refractivity contribution in [2.75, 3.05) is 0 Å². The standard InChI is InChI=1S/C9H17O2/c1-6-7(2)8(10)11-9(3,4)5/h6H2,1-5H3. The van der Waals surface area contributed by atoms with Gasteiger partial charge in [0.1, 0.15) is 5.60 Å². The van der Waals surface area contributed by atoms with Crippen LogP contribution in [-0.4, -0.2) is 11.6 Å². The van der Waals surface area contributed by atoms with Gasteiger partial charge in [-0.2, -0.15) is 0 Å². The van der Waals surface area contributed by atoms with E-state index in [2.05, 4.69) is 0 Å². The van der Waals surface area contributed by atoms with Crippen molar-refractivity contribution in [3.8, 4) is 0 Å². The first-order valence-corrected chi connectivity index (χ1v) is 3.92. The number of ether oxygens (including phenoxy) is 1. The highest BCUT2D eigenvalue weighted by atomic mass is 16.6. The van der Waals surface area contributed by atoms with Crippen LogP contribution in [0, 0.1) is 5.92 Å². The van der Waals surface area contributed by atoms with E-state index in [1.165, 1.54) is 0 Å². The molecular formula is C9H17O2. The zero-order chi connectivity index (χ0) is 9.07. The molecule has 0 unspecified atom stereocenters. The zero-order valence-corrected chi connectivity index (χ0v) is 8.02. The smallest absolute Gasteiger partial charge is 0.313 e. The molecular weight excluding hydrogens is 140 g/mol. The molecule has 0 atom stereocenters. The van der Waals surface area contributed by atoms with E-state index in [-0.39, 0.29) is 11.6 Å². The lowest BCUT2D eigenvalue weighted by Crippen LogP contribution is -2.26. The highest BCUT2D eigenvalue weighted by Crippen LogP contribution is 2.13. The summed E-state index contributed by atoms with van der Waals surface area (Å²) < 4.78 is 5.11. The Kier molecular flexibility index (Phi) is 3.56. The molecule has 2 nitrogen and oxygen atoms in total. The lowest BCUT2D eigenvalue weighted by molar-refractivity contribution is -0.152. The van der Waals surface area contributed by atoms with Crippen molar-refractivity contribution in [3.63, 3.8) is 0 Å². The number of carbonyl (C=O) groups excluding carboxylic acids is 1. The molecule has 0 rings (SSSR count). The monoisotopic (exact) mass is 157 g/mol. The van der Waals surface area contributed by atoms with Gasteiger partial charge in [0.15, 0.2) is 0 Å². The quantitative estimate of drug-likeness (QED) is 0.575. The average Bonchev–Trinajstić information content (AvgIpc) is 1.82. The summed E-state index contributed by atoms with van der Waals surface area (Å²) >= 11 is 0. The molecule has 0 spiro atoms. The molecule has 0 saturated heterocycles. The molecule has 0 aromatic carbocycles. The van der Waals surface area contributed by atoms with Gasteiger partial charge in [-0.1, -0.05) is 6.92 Å². The second kappa shape index (κ2) is 3.74. The minimum atomic E-state index is -0.368. The van der Waals surface area contributed by atoms with Gasteiger partial charge in [0.2, 0.25) is 0 Å². The van der Waals surface area contributed by atoms with Gasteiger partial charge >= 0.3 is 5.97 Å².